The highest BCUT2D eigenvalue weighted by molar-refractivity contribution is 7.87. The van der Waals surface area contributed by atoms with E-state index in [1.54, 1.807) is 35.9 Å². The molecule has 0 aliphatic carbocycles. The smallest absolute Gasteiger partial charge is 0.398 e. The number of nitrogens with two attached hydrogens (primary N) is 1. The molecule has 0 saturated heterocycles. The zero-order chi connectivity index (χ0) is 16.1. The predicted octanol–water partition coefficient (Wildman–Crippen LogP) is 1.88. The summed E-state index contributed by atoms with van der Waals surface area (Å²) in [6.45, 7) is 0.162. The van der Waals surface area contributed by atoms with E-state index >= 15 is 0 Å². The van der Waals surface area contributed by atoms with E-state index in [2.05, 4.69) is 0 Å². The van der Waals surface area contributed by atoms with Crippen LogP contribution < -0.4 is 10.5 Å². The largest absolute Gasteiger partial charge is 0.402 e. The molecule has 0 saturated carbocycles. The number of hydrogen-bond acceptors (Lipinski definition) is 3. The highest BCUT2D eigenvalue weighted by atomic mass is 32.2. The standard InChI is InChI=1S/C12H18F3N3O2S/c1-2-7-18(8-10-5-3-4-6-11(10)16)21(19,20)17-9-12(13,14)15/h3-6,17H,2,7-9,16H2,1H3. The molecule has 0 unspecified atom stereocenters. The molecule has 1 rings (SSSR count). The monoisotopic (exact) mass is 325 g/mol. The maximum atomic E-state index is 12.2. The summed E-state index contributed by atoms with van der Waals surface area (Å²) in [7, 11) is -4.22. The summed E-state index contributed by atoms with van der Waals surface area (Å²) < 4.78 is 62.9. The van der Waals surface area contributed by atoms with Gasteiger partial charge in [0.05, 0.1) is 0 Å². The lowest BCUT2D eigenvalue weighted by atomic mass is 10.2. The number of halogens is 3. The maximum Gasteiger partial charge on any atom is 0.402 e. The third kappa shape index (κ3) is 5.90. The summed E-state index contributed by atoms with van der Waals surface area (Å²) in [6, 6.07) is 6.62. The molecule has 120 valence electrons. The number of rotatable bonds is 7. The van der Waals surface area contributed by atoms with Crippen molar-refractivity contribution >= 4 is 15.9 Å². The molecule has 0 aliphatic heterocycles. The second-order valence-electron chi connectivity index (χ2n) is 4.47. The van der Waals surface area contributed by atoms with Crippen molar-refractivity contribution in [1.82, 2.24) is 9.03 Å². The second-order valence-corrected chi connectivity index (χ2v) is 6.23. The van der Waals surface area contributed by atoms with Gasteiger partial charge < -0.3 is 5.73 Å². The van der Waals surface area contributed by atoms with Crippen LogP contribution >= 0.6 is 0 Å². The fraction of sp³-hybridized carbons (Fsp3) is 0.500. The van der Waals surface area contributed by atoms with Gasteiger partial charge in [0.15, 0.2) is 0 Å². The fourth-order valence-corrected chi connectivity index (χ4v) is 2.93. The Kier molecular flexibility index (Phi) is 5.99. The molecule has 0 heterocycles. The van der Waals surface area contributed by atoms with Gasteiger partial charge in [-0.3, -0.25) is 0 Å². The van der Waals surface area contributed by atoms with Crippen molar-refractivity contribution in [2.75, 3.05) is 18.8 Å². The van der Waals surface area contributed by atoms with Crippen molar-refractivity contribution in [3.8, 4) is 0 Å². The average Bonchev–Trinajstić information content (AvgIpc) is 2.38. The molecule has 0 bridgehead atoms. The van der Waals surface area contributed by atoms with E-state index in [1.165, 1.54) is 0 Å². The molecule has 5 nitrogen and oxygen atoms in total. The number of nitrogens with zero attached hydrogens (tertiary/aromatic N) is 1. The summed E-state index contributed by atoms with van der Waals surface area (Å²) in [5.74, 6) is 0. The first-order valence-electron chi connectivity index (χ1n) is 6.30. The van der Waals surface area contributed by atoms with Crippen LogP contribution in [0, 0.1) is 0 Å². The molecule has 1 aromatic rings. The quantitative estimate of drug-likeness (QED) is 0.752. The summed E-state index contributed by atoms with van der Waals surface area (Å²) >= 11 is 0. The molecule has 1 aromatic carbocycles. The van der Waals surface area contributed by atoms with E-state index in [0.29, 0.717) is 17.7 Å². The molecule has 0 aromatic heterocycles. The fourth-order valence-electron chi connectivity index (χ4n) is 1.67. The minimum Gasteiger partial charge on any atom is -0.398 e. The van der Waals surface area contributed by atoms with Gasteiger partial charge in [0.1, 0.15) is 6.54 Å². The van der Waals surface area contributed by atoms with Crippen molar-refractivity contribution in [1.29, 1.82) is 0 Å². The first kappa shape index (κ1) is 17.7. The van der Waals surface area contributed by atoms with Crippen LogP contribution in [0.25, 0.3) is 0 Å². The zero-order valence-electron chi connectivity index (χ0n) is 11.5. The third-order valence-electron chi connectivity index (χ3n) is 2.67. The van der Waals surface area contributed by atoms with Gasteiger partial charge in [0.25, 0.3) is 10.2 Å². The Morgan fingerprint density at radius 2 is 1.90 bits per heavy atom. The van der Waals surface area contributed by atoms with Gasteiger partial charge in [-0.1, -0.05) is 25.1 Å². The van der Waals surface area contributed by atoms with Crippen molar-refractivity contribution in [2.45, 2.75) is 26.1 Å². The number of nitrogen functional groups attached to an aromatic ring is 1. The first-order valence-corrected chi connectivity index (χ1v) is 7.74. The van der Waals surface area contributed by atoms with Crippen molar-refractivity contribution in [3.63, 3.8) is 0 Å². The van der Waals surface area contributed by atoms with Crippen molar-refractivity contribution < 1.29 is 21.6 Å². The van der Waals surface area contributed by atoms with Gasteiger partial charge in [0.2, 0.25) is 0 Å². The maximum absolute atomic E-state index is 12.2. The molecule has 0 aliphatic rings. The number of benzene rings is 1. The van der Waals surface area contributed by atoms with Gasteiger partial charge in [0, 0.05) is 18.8 Å². The van der Waals surface area contributed by atoms with Gasteiger partial charge in [-0.25, -0.2) is 0 Å². The molecule has 0 spiro atoms. The number of hydrogen-bond donors (Lipinski definition) is 2. The van der Waals surface area contributed by atoms with Crippen LogP contribution in [0.2, 0.25) is 0 Å². The van der Waals surface area contributed by atoms with E-state index in [4.69, 9.17) is 5.73 Å². The molecule has 9 heteroatoms. The molecular weight excluding hydrogens is 307 g/mol. The summed E-state index contributed by atoms with van der Waals surface area (Å²) in [4.78, 5) is 0. The van der Waals surface area contributed by atoms with Crippen molar-refractivity contribution in [2.24, 2.45) is 0 Å². The van der Waals surface area contributed by atoms with Gasteiger partial charge in [-0.2, -0.15) is 30.6 Å². The minimum absolute atomic E-state index is 0.0757. The van der Waals surface area contributed by atoms with Crippen molar-refractivity contribution in [3.05, 3.63) is 29.8 Å². The van der Waals surface area contributed by atoms with Crippen LogP contribution in [0.15, 0.2) is 24.3 Å². The van der Waals surface area contributed by atoms with E-state index in [9.17, 15) is 21.6 Å². The van der Waals surface area contributed by atoms with E-state index in [1.807, 2.05) is 0 Å². The van der Waals surface area contributed by atoms with Gasteiger partial charge >= 0.3 is 6.18 Å². The SMILES string of the molecule is CCCN(Cc1ccccc1N)S(=O)(=O)NCC(F)(F)F. The number of alkyl halides is 3. The zero-order valence-corrected chi connectivity index (χ0v) is 12.3. The Morgan fingerprint density at radius 3 is 2.43 bits per heavy atom. The predicted molar refractivity (Wildman–Crippen MR) is 74.5 cm³/mol. The second kappa shape index (κ2) is 7.10. The highest BCUT2D eigenvalue weighted by Gasteiger charge is 2.31. The number of anilines is 1. The Morgan fingerprint density at radius 1 is 1.29 bits per heavy atom. The Labute approximate surface area is 122 Å². The molecule has 3 N–H and O–H groups in total. The van der Waals surface area contributed by atoms with Crippen LogP contribution in [-0.2, 0) is 16.8 Å². The van der Waals surface area contributed by atoms with Crippen LogP contribution in [-0.4, -0.2) is 32.0 Å². The normalized spacial score (nSPS) is 12.8. The lowest BCUT2D eigenvalue weighted by molar-refractivity contribution is -0.121. The first-order chi connectivity index (χ1) is 9.65. The molecule has 0 radical (unpaired) electrons. The third-order valence-corrected chi connectivity index (χ3v) is 4.17. The lowest BCUT2D eigenvalue weighted by Gasteiger charge is -2.23. The summed E-state index contributed by atoms with van der Waals surface area (Å²) in [5.41, 5.74) is 6.67. The van der Waals surface area contributed by atoms with Crippen LogP contribution in [0.1, 0.15) is 18.9 Å². The lowest BCUT2D eigenvalue weighted by Crippen LogP contribution is -2.44. The Bertz CT molecular complexity index is 561. The topological polar surface area (TPSA) is 75.4 Å². The van der Waals surface area contributed by atoms with Crippen LogP contribution in [0.3, 0.4) is 0 Å². The molecule has 21 heavy (non-hydrogen) atoms. The highest BCUT2D eigenvalue weighted by Crippen LogP contribution is 2.17. The van der Waals surface area contributed by atoms with Gasteiger partial charge in [-0.05, 0) is 18.1 Å². The van der Waals surface area contributed by atoms with E-state index in [0.717, 1.165) is 4.31 Å². The molecule has 0 atom stereocenters. The summed E-state index contributed by atoms with van der Waals surface area (Å²) in [6.07, 6.45) is -4.13. The van der Waals surface area contributed by atoms with Crippen LogP contribution in [0.5, 0.6) is 0 Å². The average molecular weight is 325 g/mol. The molecule has 0 fully saturated rings. The Hall–Kier alpha value is -1.32. The van der Waals surface area contributed by atoms with E-state index < -0.39 is 22.9 Å². The van der Waals surface area contributed by atoms with Gasteiger partial charge in [-0.15, -0.1) is 0 Å². The van der Waals surface area contributed by atoms with E-state index in [-0.39, 0.29) is 13.1 Å². The number of nitrogens with one attached hydrogen (secondary N) is 1. The molecule has 0 amide bonds. The van der Waals surface area contributed by atoms with Crippen LogP contribution in [0.4, 0.5) is 18.9 Å². The minimum atomic E-state index is -4.60. The Balaban J connectivity index is 2.88. The number of para-hydroxylation sites is 1. The molecular formula is C12H18F3N3O2S. The summed E-state index contributed by atoms with van der Waals surface area (Å²) in [5, 5.41) is 0.